The summed E-state index contributed by atoms with van der Waals surface area (Å²) in [6.07, 6.45) is 3.75. The molecule has 35 heavy (non-hydrogen) atoms. The van der Waals surface area contributed by atoms with Gasteiger partial charge in [0, 0.05) is 17.3 Å². The van der Waals surface area contributed by atoms with E-state index in [9.17, 15) is 9.59 Å². The molecule has 10 heteroatoms. The SMILES string of the molecule is COc1cc(/C=C2\SC(=S)N(C[C@H]3CCCO3)C2=O)ccc1OCC(=O)Nc1ccc(C)c(Cl)c1. The average molecular weight is 533 g/mol. The molecule has 2 amide bonds. The molecule has 0 aliphatic carbocycles. The molecule has 2 heterocycles. The van der Waals surface area contributed by atoms with Crippen LogP contribution in [-0.2, 0) is 14.3 Å². The number of anilines is 1. The number of carbonyl (C=O) groups is 2. The van der Waals surface area contributed by atoms with Gasteiger partial charge in [0.25, 0.3) is 11.8 Å². The lowest BCUT2D eigenvalue weighted by Gasteiger charge is -2.18. The van der Waals surface area contributed by atoms with Crippen molar-refractivity contribution in [1.29, 1.82) is 0 Å². The van der Waals surface area contributed by atoms with Crippen LogP contribution in [0.5, 0.6) is 11.5 Å². The Bertz CT molecular complexity index is 1180. The van der Waals surface area contributed by atoms with Crippen LogP contribution in [0.3, 0.4) is 0 Å². The van der Waals surface area contributed by atoms with Crippen LogP contribution in [0, 0.1) is 6.92 Å². The highest BCUT2D eigenvalue weighted by Gasteiger charge is 2.34. The summed E-state index contributed by atoms with van der Waals surface area (Å²) in [7, 11) is 1.52. The number of amides is 2. The van der Waals surface area contributed by atoms with E-state index in [1.807, 2.05) is 13.0 Å². The first-order valence-electron chi connectivity index (χ1n) is 11.1. The highest BCUT2D eigenvalue weighted by molar-refractivity contribution is 8.26. The van der Waals surface area contributed by atoms with Gasteiger partial charge in [0.1, 0.15) is 4.32 Å². The van der Waals surface area contributed by atoms with E-state index < -0.39 is 0 Å². The van der Waals surface area contributed by atoms with Crippen molar-refractivity contribution >= 4 is 63.5 Å². The first-order valence-corrected chi connectivity index (χ1v) is 12.7. The minimum absolute atomic E-state index is 0.0357. The standard InChI is InChI=1S/C25H25ClN2O5S2/c1-15-5-7-17(12-19(15)26)27-23(29)14-33-20-8-6-16(10-21(20)31-2)11-22-24(30)28(25(34)35-22)13-18-4-3-9-32-18/h5-8,10-12,18H,3-4,9,13-14H2,1-2H3,(H,27,29)/b22-11-/t18-/m1/s1. The zero-order valence-corrected chi connectivity index (χ0v) is 21.7. The summed E-state index contributed by atoms with van der Waals surface area (Å²) in [6, 6.07) is 10.5. The first-order chi connectivity index (χ1) is 16.8. The summed E-state index contributed by atoms with van der Waals surface area (Å²) in [5.74, 6) is 0.404. The minimum atomic E-state index is -0.328. The highest BCUT2D eigenvalue weighted by Crippen LogP contribution is 2.35. The smallest absolute Gasteiger partial charge is 0.266 e. The van der Waals surface area contributed by atoms with E-state index in [1.54, 1.807) is 41.3 Å². The van der Waals surface area contributed by atoms with Gasteiger partial charge in [-0.2, -0.15) is 0 Å². The Labute approximate surface area is 218 Å². The molecule has 0 unspecified atom stereocenters. The molecule has 2 aromatic carbocycles. The lowest BCUT2D eigenvalue weighted by Crippen LogP contribution is -2.35. The molecule has 1 atom stereocenters. The molecule has 0 bridgehead atoms. The van der Waals surface area contributed by atoms with E-state index in [2.05, 4.69) is 5.32 Å². The van der Waals surface area contributed by atoms with Crippen molar-refractivity contribution in [3.63, 3.8) is 0 Å². The molecule has 0 spiro atoms. The molecule has 1 N–H and O–H groups in total. The van der Waals surface area contributed by atoms with Crippen molar-refractivity contribution in [3.8, 4) is 11.5 Å². The van der Waals surface area contributed by atoms with Crippen molar-refractivity contribution < 1.29 is 23.8 Å². The topological polar surface area (TPSA) is 77.1 Å². The molecule has 2 aromatic rings. The quantitative estimate of drug-likeness (QED) is 0.376. The maximum absolute atomic E-state index is 12.9. The largest absolute Gasteiger partial charge is 0.493 e. The van der Waals surface area contributed by atoms with Crippen molar-refractivity contribution in [2.24, 2.45) is 0 Å². The number of hydrogen-bond acceptors (Lipinski definition) is 7. The lowest BCUT2D eigenvalue weighted by atomic mass is 10.1. The van der Waals surface area contributed by atoms with E-state index >= 15 is 0 Å². The Morgan fingerprint density at radius 3 is 2.86 bits per heavy atom. The molecule has 184 valence electrons. The molecule has 2 aliphatic heterocycles. The molecule has 7 nitrogen and oxygen atoms in total. The predicted molar refractivity (Wildman–Crippen MR) is 142 cm³/mol. The maximum Gasteiger partial charge on any atom is 0.266 e. The second-order valence-corrected chi connectivity index (χ2v) is 10.2. The van der Waals surface area contributed by atoms with Gasteiger partial charge < -0.3 is 19.5 Å². The van der Waals surface area contributed by atoms with Crippen LogP contribution in [0.2, 0.25) is 5.02 Å². The van der Waals surface area contributed by atoms with E-state index in [0.717, 1.165) is 30.6 Å². The number of halogens is 1. The Kier molecular flexibility index (Phi) is 8.33. The van der Waals surface area contributed by atoms with E-state index in [0.29, 0.717) is 38.0 Å². The third-order valence-corrected chi connectivity index (χ3v) is 7.37. The fourth-order valence-electron chi connectivity index (χ4n) is 3.70. The number of thiocarbonyl (C=S) groups is 1. The van der Waals surface area contributed by atoms with Gasteiger partial charge >= 0.3 is 0 Å². The number of benzene rings is 2. The Hall–Kier alpha value is -2.59. The van der Waals surface area contributed by atoms with Crippen LogP contribution >= 0.6 is 35.6 Å². The zero-order chi connectivity index (χ0) is 24.9. The third-order valence-electron chi connectivity index (χ3n) is 5.58. The Balaban J connectivity index is 1.39. The minimum Gasteiger partial charge on any atom is -0.493 e. The second kappa shape index (κ2) is 11.4. The number of rotatable bonds is 8. The van der Waals surface area contributed by atoms with Gasteiger partial charge in [-0.25, -0.2) is 0 Å². The van der Waals surface area contributed by atoms with Crippen LogP contribution < -0.4 is 14.8 Å². The van der Waals surface area contributed by atoms with Crippen LogP contribution in [-0.4, -0.2) is 54.0 Å². The molecule has 0 aromatic heterocycles. The highest BCUT2D eigenvalue weighted by atomic mass is 35.5. The van der Waals surface area contributed by atoms with Crippen LogP contribution in [0.4, 0.5) is 5.69 Å². The maximum atomic E-state index is 12.9. The van der Waals surface area contributed by atoms with Crippen molar-refractivity contribution in [3.05, 3.63) is 57.5 Å². The summed E-state index contributed by atoms with van der Waals surface area (Å²) in [4.78, 5) is 27.3. The number of aryl methyl sites for hydroxylation is 1. The second-order valence-electron chi connectivity index (χ2n) is 8.14. The molecule has 2 aliphatic rings. The third kappa shape index (κ3) is 6.35. The number of ether oxygens (including phenoxy) is 3. The van der Waals surface area contributed by atoms with Crippen molar-refractivity contribution in [2.45, 2.75) is 25.9 Å². The number of nitrogens with zero attached hydrogens (tertiary/aromatic N) is 1. The van der Waals surface area contributed by atoms with E-state index in [-0.39, 0.29) is 24.5 Å². The monoisotopic (exact) mass is 532 g/mol. The van der Waals surface area contributed by atoms with Gasteiger partial charge in [-0.15, -0.1) is 0 Å². The van der Waals surface area contributed by atoms with Gasteiger partial charge in [-0.1, -0.05) is 47.7 Å². The fraction of sp³-hybridized carbons (Fsp3) is 0.320. The summed E-state index contributed by atoms with van der Waals surface area (Å²) < 4.78 is 17.3. The van der Waals surface area contributed by atoms with Gasteiger partial charge in [-0.05, 0) is 61.2 Å². The van der Waals surface area contributed by atoms with Gasteiger partial charge in [0.15, 0.2) is 18.1 Å². The number of methoxy groups -OCH3 is 1. The zero-order valence-electron chi connectivity index (χ0n) is 19.3. The van der Waals surface area contributed by atoms with Gasteiger partial charge in [0.05, 0.1) is 24.7 Å². The molecular formula is C25H25ClN2O5S2. The van der Waals surface area contributed by atoms with Crippen LogP contribution in [0.1, 0.15) is 24.0 Å². The number of hydrogen-bond donors (Lipinski definition) is 1. The lowest BCUT2D eigenvalue weighted by molar-refractivity contribution is -0.123. The normalized spacial score (nSPS) is 18.9. The van der Waals surface area contributed by atoms with E-state index in [4.69, 9.17) is 38.0 Å². The van der Waals surface area contributed by atoms with Crippen LogP contribution in [0.15, 0.2) is 41.3 Å². The average Bonchev–Trinajstić information content (AvgIpc) is 3.44. The van der Waals surface area contributed by atoms with Crippen LogP contribution in [0.25, 0.3) is 6.08 Å². The van der Waals surface area contributed by atoms with Gasteiger partial charge in [-0.3, -0.25) is 14.5 Å². The summed E-state index contributed by atoms with van der Waals surface area (Å²) in [5, 5.41) is 3.33. The van der Waals surface area contributed by atoms with Crippen molar-refractivity contribution in [1.82, 2.24) is 4.90 Å². The van der Waals surface area contributed by atoms with Crippen molar-refractivity contribution in [2.75, 3.05) is 32.2 Å². The first kappa shape index (κ1) is 25.5. The summed E-state index contributed by atoms with van der Waals surface area (Å²) in [6.45, 7) is 2.89. The Morgan fingerprint density at radius 1 is 1.31 bits per heavy atom. The fourth-order valence-corrected chi connectivity index (χ4v) is 5.16. The number of nitrogens with one attached hydrogen (secondary N) is 1. The summed E-state index contributed by atoms with van der Waals surface area (Å²) >= 11 is 12.8. The predicted octanol–water partition coefficient (Wildman–Crippen LogP) is 5.05. The molecule has 0 saturated carbocycles. The molecule has 2 fully saturated rings. The summed E-state index contributed by atoms with van der Waals surface area (Å²) in [5.41, 5.74) is 2.27. The molecule has 4 rings (SSSR count). The molecule has 2 saturated heterocycles. The Morgan fingerprint density at radius 2 is 2.14 bits per heavy atom. The number of thioether (sulfide) groups is 1. The van der Waals surface area contributed by atoms with E-state index in [1.165, 1.54) is 18.9 Å². The number of carbonyl (C=O) groups excluding carboxylic acids is 2. The molecule has 0 radical (unpaired) electrons. The molecular weight excluding hydrogens is 508 g/mol. The van der Waals surface area contributed by atoms with Gasteiger partial charge in [0.2, 0.25) is 0 Å².